The number of nitrogens with one attached hydrogen (secondary N) is 1. The molecule has 0 bridgehead atoms. The zero-order valence-corrected chi connectivity index (χ0v) is 5.64. The van der Waals surface area contributed by atoms with Gasteiger partial charge in [0.2, 0.25) is 0 Å². The molecular weight excluding hydrogens is 114 g/mol. The lowest BCUT2D eigenvalue weighted by atomic mass is 10.2. The Morgan fingerprint density at radius 1 is 1.56 bits per heavy atom. The lowest BCUT2D eigenvalue weighted by Gasteiger charge is -1.85. The third-order valence-electron chi connectivity index (χ3n) is 0.897. The van der Waals surface area contributed by atoms with Crippen molar-refractivity contribution in [2.75, 3.05) is 0 Å². The van der Waals surface area contributed by atoms with E-state index in [1.165, 1.54) is 0 Å². The second-order valence-electron chi connectivity index (χ2n) is 1.70. The van der Waals surface area contributed by atoms with Gasteiger partial charge in [0, 0.05) is 5.57 Å². The van der Waals surface area contributed by atoms with E-state index in [9.17, 15) is 4.79 Å². The van der Waals surface area contributed by atoms with Crippen LogP contribution in [-0.2, 0) is 4.79 Å². The summed E-state index contributed by atoms with van der Waals surface area (Å²) in [6, 6.07) is 0. The second kappa shape index (κ2) is 3.89. The van der Waals surface area contributed by atoms with Crippen LogP contribution in [0.15, 0.2) is 23.8 Å². The SMILES string of the molecule is C/C=C/C=C(\C)C([NH])=O. The highest BCUT2D eigenvalue weighted by Gasteiger charge is 1.92. The number of hydrogen-bond acceptors (Lipinski definition) is 1. The first kappa shape index (κ1) is 7.95. The average Bonchev–Trinajstić information content (AvgIpc) is 1.82. The molecule has 0 aromatic rings. The van der Waals surface area contributed by atoms with Gasteiger partial charge in [-0.1, -0.05) is 18.2 Å². The smallest absolute Gasteiger partial charge is 0.265 e. The number of carbonyl (C=O) groups is 1. The number of carbonyl (C=O) groups excluding carboxylic acids is 1. The third kappa shape index (κ3) is 3.53. The lowest BCUT2D eigenvalue weighted by Crippen LogP contribution is -1.97. The molecule has 0 spiro atoms. The standard InChI is InChI=1S/C7H10NO/c1-3-4-5-6(2)7(8)9/h3-5,8H,1-2H3/b4-3+,6-5+. The molecule has 0 atom stereocenters. The predicted molar refractivity (Wildman–Crippen MR) is 36.7 cm³/mol. The van der Waals surface area contributed by atoms with Gasteiger partial charge in [-0.3, -0.25) is 10.5 Å². The molecule has 0 aliphatic rings. The van der Waals surface area contributed by atoms with Crippen molar-refractivity contribution < 1.29 is 4.79 Å². The fraction of sp³-hybridized carbons (Fsp3) is 0.286. The minimum atomic E-state index is -0.617. The summed E-state index contributed by atoms with van der Waals surface area (Å²) in [4.78, 5) is 10.2. The van der Waals surface area contributed by atoms with Crippen LogP contribution >= 0.6 is 0 Å². The van der Waals surface area contributed by atoms with E-state index >= 15 is 0 Å². The predicted octanol–water partition coefficient (Wildman–Crippen LogP) is 1.32. The Bertz CT molecular complexity index is 156. The van der Waals surface area contributed by atoms with Crippen LogP contribution in [-0.4, -0.2) is 5.91 Å². The molecule has 0 rings (SSSR count). The maximum absolute atomic E-state index is 10.2. The molecule has 0 heterocycles. The van der Waals surface area contributed by atoms with Gasteiger partial charge in [0.25, 0.3) is 5.91 Å². The van der Waals surface area contributed by atoms with E-state index in [1.54, 1.807) is 19.1 Å². The summed E-state index contributed by atoms with van der Waals surface area (Å²) in [7, 11) is 0. The molecule has 0 fully saturated rings. The van der Waals surface area contributed by atoms with E-state index in [1.807, 2.05) is 13.0 Å². The van der Waals surface area contributed by atoms with Crippen LogP contribution < -0.4 is 5.73 Å². The van der Waals surface area contributed by atoms with Crippen molar-refractivity contribution in [3.8, 4) is 0 Å². The summed E-state index contributed by atoms with van der Waals surface area (Å²) in [6.07, 6.45) is 5.17. The third-order valence-corrected chi connectivity index (χ3v) is 0.897. The van der Waals surface area contributed by atoms with Crippen molar-refractivity contribution in [2.45, 2.75) is 13.8 Å². The molecule has 0 saturated heterocycles. The van der Waals surface area contributed by atoms with Gasteiger partial charge in [0.15, 0.2) is 0 Å². The summed E-state index contributed by atoms with van der Waals surface area (Å²) in [5, 5.41) is 0. The number of allylic oxidation sites excluding steroid dienone is 3. The Kier molecular flexibility index (Phi) is 3.44. The number of amides is 1. The Hall–Kier alpha value is -1.05. The molecule has 2 heteroatoms. The summed E-state index contributed by atoms with van der Waals surface area (Å²) in [5.74, 6) is -0.617. The monoisotopic (exact) mass is 124 g/mol. The Morgan fingerprint density at radius 3 is 2.44 bits per heavy atom. The minimum Gasteiger partial charge on any atom is -0.268 e. The fourth-order valence-corrected chi connectivity index (χ4v) is 0.316. The molecule has 49 valence electrons. The zero-order chi connectivity index (χ0) is 7.28. The lowest BCUT2D eigenvalue weighted by molar-refractivity contribution is -0.115. The molecule has 1 amide bonds. The first-order chi connectivity index (χ1) is 4.18. The summed E-state index contributed by atoms with van der Waals surface area (Å²) in [5.41, 5.74) is 7.09. The molecule has 0 aromatic heterocycles. The molecule has 9 heavy (non-hydrogen) atoms. The van der Waals surface area contributed by atoms with Crippen LogP contribution in [0.5, 0.6) is 0 Å². The summed E-state index contributed by atoms with van der Waals surface area (Å²) < 4.78 is 0. The number of rotatable bonds is 2. The highest BCUT2D eigenvalue weighted by atomic mass is 16.1. The van der Waals surface area contributed by atoms with Crippen LogP contribution in [0.2, 0.25) is 0 Å². The van der Waals surface area contributed by atoms with Crippen molar-refractivity contribution in [1.82, 2.24) is 5.73 Å². The van der Waals surface area contributed by atoms with Crippen LogP contribution in [0.1, 0.15) is 13.8 Å². The highest BCUT2D eigenvalue weighted by Crippen LogP contribution is 1.90. The van der Waals surface area contributed by atoms with E-state index in [0.29, 0.717) is 5.57 Å². The minimum absolute atomic E-state index is 0.466. The average molecular weight is 124 g/mol. The molecule has 1 N–H and O–H groups in total. The van der Waals surface area contributed by atoms with Crippen LogP contribution in [0, 0.1) is 0 Å². The van der Waals surface area contributed by atoms with Crippen LogP contribution in [0.3, 0.4) is 0 Å². The molecule has 0 aliphatic heterocycles. The van der Waals surface area contributed by atoms with E-state index in [-0.39, 0.29) is 0 Å². The van der Waals surface area contributed by atoms with Gasteiger partial charge in [-0.25, -0.2) is 0 Å². The van der Waals surface area contributed by atoms with E-state index in [2.05, 4.69) is 0 Å². The Labute approximate surface area is 55.1 Å². The van der Waals surface area contributed by atoms with E-state index in [0.717, 1.165) is 0 Å². The van der Waals surface area contributed by atoms with Gasteiger partial charge < -0.3 is 0 Å². The molecule has 0 saturated carbocycles. The van der Waals surface area contributed by atoms with Gasteiger partial charge in [-0.2, -0.15) is 0 Å². The van der Waals surface area contributed by atoms with Crippen molar-refractivity contribution >= 4 is 5.91 Å². The maximum atomic E-state index is 10.2. The van der Waals surface area contributed by atoms with Gasteiger partial charge in [-0.15, -0.1) is 0 Å². The maximum Gasteiger partial charge on any atom is 0.265 e. The van der Waals surface area contributed by atoms with Gasteiger partial charge in [-0.05, 0) is 13.8 Å². The van der Waals surface area contributed by atoms with Crippen molar-refractivity contribution in [3.05, 3.63) is 23.8 Å². The molecule has 0 aliphatic carbocycles. The largest absolute Gasteiger partial charge is 0.268 e. The van der Waals surface area contributed by atoms with Gasteiger partial charge in [0.05, 0.1) is 0 Å². The number of hydrogen-bond donors (Lipinski definition) is 0. The van der Waals surface area contributed by atoms with Crippen molar-refractivity contribution in [3.63, 3.8) is 0 Å². The molecular formula is C7H10NO. The Balaban J connectivity index is 4.00. The quantitative estimate of drug-likeness (QED) is 0.404. The van der Waals surface area contributed by atoms with E-state index < -0.39 is 5.91 Å². The summed E-state index contributed by atoms with van der Waals surface area (Å²) in [6.45, 7) is 3.48. The van der Waals surface area contributed by atoms with Crippen molar-refractivity contribution in [2.24, 2.45) is 0 Å². The molecule has 0 aromatic carbocycles. The molecule has 2 nitrogen and oxygen atoms in total. The Morgan fingerprint density at radius 2 is 2.11 bits per heavy atom. The van der Waals surface area contributed by atoms with Crippen LogP contribution in [0.25, 0.3) is 0 Å². The summed E-state index contributed by atoms with van der Waals surface area (Å²) >= 11 is 0. The first-order valence-corrected chi connectivity index (χ1v) is 2.74. The first-order valence-electron chi connectivity index (χ1n) is 2.74. The van der Waals surface area contributed by atoms with Gasteiger partial charge >= 0.3 is 0 Å². The zero-order valence-electron chi connectivity index (χ0n) is 5.64. The topological polar surface area (TPSA) is 40.9 Å². The second-order valence-corrected chi connectivity index (χ2v) is 1.70. The van der Waals surface area contributed by atoms with E-state index in [4.69, 9.17) is 5.73 Å². The van der Waals surface area contributed by atoms with Crippen molar-refractivity contribution in [1.29, 1.82) is 0 Å². The molecule has 1 radical (unpaired) electrons. The molecule has 0 unspecified atom stereocenters. The van der Waals surface area contributed by atoms with Crippen LogP contribution in [0.4, 0.5) is 0 Å². The highest BCUT2D eigenvalue weighted by molar-refractivity contribution is 5.90. The fourth-order valence-electron chi connectivity index (χ4n) is 0.316. The van der Waals surface area contributed by atoms with Gasteiger partial charge in [0.1, 0.15) is 0 Å². The normalized spacial score (nSPS) is 12.4.